The van der Waals surface area contributed by atoms with Gasteiger partial charge in [0, 0.05) is 24.2 Å². The lowest BCUT2D eigenvalue weighted by Gasteiger charge is -2.23. The average Bonchev–Trinajstić information content (AvgIpc) is 3.58. The van der Waals surface area contributed by atoms with Crippen molar-refractivity contribution in [3.8, 4) is 5.75 Å². The molecule has 0 unspecified atom stereocenters. The summed E-state index contributed by atoms with van der Waals surface area (Å²) in [5, 5.41) is 3.00. The van der Waals surface area contributed by atoms with Crippen molar-refractivity contribution in [3.63, 3.8) is 0 Å². The molecular formula is C24H28N2O3. The molecule has 2 aromatic carbocycles. The molecule has 0 atom stereocenters. The van der Waals surface area contributed by atoms with Crippen LogP contribution < -0.4 is 10.1 Å². The van der Waals surface area contributed by atoms with Crippen LogP contribution in [0.4, 0.5) is 0 Å². The summed E-state index contributed by atoms with van der Waals surface area (Å²) in [6.07, 6.45) is 4.23. The zero-order valence-corrected chi connectivity index (χ0v) is 17.1. The summed E-state index contributed by atoms with van der Waals surface area (Å²) in [4.78, 5) is 26.8. The highest BCUT2D eigenvalue weighted by Crippen LogP contribution is 2.29. The molecule has 0 aromatic heterocycles. The Labute approximate surface area is 172 Å². The number of nitrogens with one attached hydrogen (secondary N) is 1. The van der Waals surface area contributed by atoms with Gasteiger partial charge in [-0.2, -0.15) is 0 Å². The molecule has 152 valence electrons. The zero-order chi connectivity index (χ0) is 20.4. The first-order valence-corrected chi connectivity index (χ1v) is 10.4. The van der Waals surface area contributed by atoms with Gasteiger partial charge in [-0.1, -0.05) is 18.2 Å². The summed E-state index contributed by atoms with van der Waals surface area (Å²) in [5.74, 6) is 0.718. The minimum absolute atomic E-state index is 0.00205. The van der Waals surface area contributed by atoms with E-state index in [9.17, 15) is 9.59 Å². The van der Waals surface area contributed by atoms with Gasteiger partial charge in [0.15, 0.2) is 6.61 Å². The first kappa shape index (κ1) is 19.5. The first-order chi connectivity index (χ1) is 14.0. The molecule has 1 N–H and O–H groups in total. The van der Waals surface area contributed by atoms with Crippen molar-refractivity contribution >= 4 is 11.8 Å². The van der Waals surface area contributed by atoms with Crippen LogP contribution in [0.1, 0.15) is 52.7 Å². The highest BCUT2D eigenvalue weighted by molar-refractivity contribution is 5.94. The van der Waals surface area contributed by atoms with E-state index in [1.54, 1.807) is 0 Å². The van der Waals surface area contributed by atoms with Gasteiger partial charge in [0.25, 0.3) is 11.8 Å². The monoisotopic (exact) mass is 392 g/mol. The highest BCUT2D eigenvalue weighted by Gasteiger charge is 2.32. The van der Waals surface area contributed by atoms with E-state index in [4.69, 9.17) is 4.74 Å². The van der Waals surface area contributed by atoms with Crippen molar-refractivity contribution in [2.24, 2.45) is 0 Å². The normalized spacial score (nSPS) is 15.7. The van der Waals surface area contributed by atoms with E-state index >= 15 is 0 Å². The van der Waals surface area contributed by atoms with E-state index in [2.05, 4.69) is 11.4 Å². The van der Waals surface area contributed by atoms with Gasteiger partial charge in [0.2, 0.25) is 0 Å². The van der Waals surface area contributed by atoms with Crippen molar-refractivity contribution < 1.29 is 14.3 Å². The third-order valence-corrected chi connectivity index (χ3v) is 5.35. The largest absolute Gasteiger partial charge is 0.484 e. The van der Waals surface area contributed by atoms with Gasteiger partial charge in [0.1, 0.15) is 5.75 Å². The van der Waals surface area contributed by atoms with Crippen molar-refractivity contribution in [1.82, 2.24) is 10.2 Å². The second-order valence-corrected chi connectivity index (χ2v) is 8.31. The number of ether oxygens (including phenoxy) is 1. The molecule has 5 heteroatoms. The van der Waals surface area contributed by atoms with Crippen LogP contribution in [0.25, 0.3) is 0 Å². The summed E-state index contributed by atoms with van der Waals surface area (Å²) >= 11 is 0. The minimum Gasteiger partial charge on any atom is -0.484 e. The number of hydrogen-bond donors (Lipinski definition) is 1. The van der Waals surface area contributed by atoms with E-state index in [0.717, 1.165) is 48.1 Å². The molecule has 0 spiro atoms. The molecule has 0 radical (unpaired) electrons. The lowest BCUT2D eigenvalue weighted by molar-refractivity contribution is -0.134. The Morgan fingerprint density at radius 1 is 1.00 bits per heavy atom. The standard InChI is InChI=1S/C24H28N2O3/c1-16-11-17(2)13-22(12-16)29-15-23(27)26(21-9-10-21)14-18-3-5-19(6-4-18)24(28)25-20-7-8-20/h3-6,11-13,20-21H,7-10,14-15H2,1-2H3,(H,25,28). The number of amides is 2. The van der Waals surface area contributed by atoms with Crippen LogP contribution in [-0.4, -0.2) is 35.4 Å². The van der Waals surface area contributed by atoms with Crippen molar-refractivity contribution in [3.05, 3.63) is 64.7 Å². The second kappa shape index (κ2) is 8.27. The van der Waals surface area contributed by atoms with Crippen molar-refractivity contribution in [2.45, 2.75) is 58.2 Å². The SMILES string of the molecule is Cc1cc(C)cc(OCC(=O)N(Cc2ccc(C(=O)NC3CC3)cc2)C2CC2)c1. The molecule has 0 bridgehead atoms. The number of carbonyl (C=O) groups excluding carboxylic acids is 2. The van der Waals surface area contributed by atoms with Crippen LogP contribution in [-0.2, 0) is 11.3 Å². The third kappa shape index (κ3) is 5.37. The Kier molecular flexibility index (Phi) is 5.56. The van der Waals surface area contributed by atoms with E-state index < -0.39 is 0 Å². The van der Waals surface area contributed by atoms with Crippen LogP contribution >= 0.6 is 0 Å². The van der Waals surface area contributed by atoms with E-state index in [0.29, 0.717) is 24.2 Å². The fraction of sp³-hybridized carbons (Fsp3) is 0.417. The summed E-state index contributed by atoms with van der Waals surface area (Å²) in [6.45, 7) is 4.63. The van der Waals surface area contributed by atoms with Gasteiger partial charge in [-0.3, -0.25) is 9.59 Å². The zero-order valence-electron chi connectivity index (χ0n) is 17.1. The summed E-state index contributed by atoms with van der Waals surface area (Å²) < 4.78 is 5.78. The molecule has 2 amide bonds. The summed E-state index contributed by atoms with van der Waals surface area (Å²) in [6, 6.07) is 14.2. The fourth-order valence-electron chi connectivity index (χ4n) is 3.51. The van der Waals surface area contributed by atoms with Crippen LogP contribution in [0.3, 0.4) is 0 Å². The van der Waals surface area contributed by atoms with Gasteiger partial charge in [-0.25, -0.2) is 0 Å². The molecule has 0 aliphatic heterocycles. The maximum Gasteiger partial charge on any atom is 0.261 e. The number of hydrogen-bond acceptors (Lipinski definition) is 3. The molecule has 2 saturated carbocycles. The number of benzene rings is 2. The van der Waals surface area contributed by atoms with Crippen molar-refractivity contribution in [2.75, 3.05) is 6.61 Å². The number of aryl methyl sites for hydroxylation is 2. The van der Waals surface area contributed by atoms with Gasteiger partial charge >= 0.3 is 0 Å². The topological polar surface area (TPSA) is 58.6 Å². The summed E-state index contributed by atoms with van der Waals surface area (Å²) in [7, 11) is 0. The molecule has 4 rings (SSSR count). The third-order valence-electron chi connectivity index (χ3n) is 5.35. The van der Waals surface area contributed by atoms with E-state index in [1.807, 2.05) is 55.1 Å². The average molecular weight is 392 g/mol. The smallest absolute Gasteiger partial charge is 0.261 e. The van der Waals surface area contributed by atoms with Crippen LogP contribution in [0, 0.1) is 13.8 Å². The van der Waals surface area contributed by atoms with Crippen LogP contribution in [0.2, 0.25) is 0 Å². The lowest BCUT2D eigenvalue weighted by atomic mass is 10.1. The fourth-order valence-corrected chi connectivity index (χ4v) is 3.51. The Morgan fingerprint density at radius 3 is 2.24 bits per heavy atom. The second-order valence-electron chi connectivity index (χ2n) is 8.31. The Balaban J connectivity index is 1.36. The predicted molar refractivity (Wildman–Crippen MR) is 112 cm³/mol. The molecule has 0 heterocycles. The Hall–Kier alpha value is -2.82. The van der Waals surface area contributed by atoms with Gasteiger partial charge in [-0.15, -0.1) is 0 Å². The quantitative estimate of drug-likeness (QED) is 0.744. The molecule has 5 nitrogen and oxygen atoms in total. The molecular weight excluding hydrogens is 364 g/mol. The van der Waals surface area contributed by atoms with Gasteiger partial charge < -0.3 is 15.0 Å². The number of carbonyl (C=O) groups is 2. The van der Waals surface area contributed by atoms with Crippen LogP contribution in [0.5, 0.6) is 5.75 Å². The lowest BCUT2D eigenvalue weighted by Crippen LogP contribution is -2.36. The molecule has 2 aliphatic carbocycles. The maximum absolute atomic E-state index is 12.8. The van der Waals surface area contributed by atoms with Crippen LogP contribution in [0.15, 0.2) is 42.5 Å². The molecule has 29 heavy (non-hydrogen) atoms. The number of nitrogens with zero attached hydrogens (tertiary/aromatic N) is 1. The molecule has 2 aliphatic rings. The van der Waals surface area contributed by atoms with E-state index in [-0.39, 0.29) is 18.4 Å². The molecule has 0 saturated heterocycles. The highest BCUT2D eigenvalue weighted by atomic mass is 16.5. The Bertz CT molecular complexity index is 879. The minimum atomic E-state index is -0.0176. The Morgan fingerprint density at radius 2 is 1.66 bits per heavy atom. The van der Waals surface area contributed by atoms with Gasteiger partial charge in [-0.05, 0) is 80.5 Å². The summed E-state index contributed by atoms with van der Waals surface area (Å²) in [5.41, 5.74) is 3.94. The first-order valence-electron chi connectivity index (χ1n) is 10.4. The van der Waals surface area contributed by atoms with Gasteiger partial charge in [0.05, 0.1) is 0 Å². The number of rotatable bonds is 8. The predicted octanol–water partition coefficient (Wildman–Crippen LogP) is 3.77. The maximum atomic E-state index is 12.8. The van der Waals surface area contributed by atoms with Crippen molar-refractivity contribution in [1.29, 1.82) is 0 Å². The molecule has 2 aromatic rings. The molecule has 2 fully saturated rings. The van der Waals surface area contributed by atoms with E-state index in [1.165, 1.54) is 0 Å².